The first-order chi connectivity index (χ1) is 10.8. The highest BCUT2D eigenvalue weighted by Gasteiger charge is 2.34. The van der Waals surface area contributed by atoms with Crippen molar-refractivity contribution in [2.24, 2.45) is 0 Å². The predicted octanol–water partition coefficient (Wildman–Crippen LogP) is 0.662. The van der Waals surface area contributed by atoms with Crippen molar-refractivity contribution < 1.29 is 17.0 Å². The minimum atomic E-state index is 0. The van der Waals surface area contributed by atoms with Gasteiger partial charge in [0.2, 0.25) is 6.04 Å². The number of anilines is 1. The minimum absolute atomic E-state index is 0. The Bertz CT molecular complexity index is 780. The maximum atomic E-state index is 2.30. The molecule has 0 radical (unpaired) electrons. The van der Waals surface area contributed by atoms with Crippen LogP contribution in [0.1, 0.15) is 17.2 Å². The Morgan fingerprint density at radius 3 is 1.70 bits per heavy atom. The van der Waals surface area contributed by atoms with Gasteiger partial charge in [0, 0.05) is 43.0 Å². The molecule has 3 aromatic rings. The molecule has 2 nitrogen and oxygen atoms in total. The van der Waals surface area contributed by atoms with Crippen LogP contribution >= 0.6 is 0 Å². The van der Waals surface area contributed by atoms with E-state index < -0.39 is 0 Å². The molecule has 0 spiro atoms. The average Bonchev–Trinajstić information content (AvgIpc) is 2.89. The molecule has 1 aliphatic carbocycles. The van der Waals surface area contributed by atoms with Crippen LogP contribution in [-0.4, -0.2) is 14.1 Å². The lowest BCUT2D eigenvalue weighted by Crippen LogP contribution is -3.00. The van der Waals surface area contributed by atoms with Crippen molar-refractivity contribution in [3.8, 4) is 11.1 Å². The third-order valence-electron chi connectivity index (χ3n) is 4.45. The number of aromatic nitrogens is 1. The van der Waals surface area contributed by atoms with Crippen LogP contribution in [0.5, 0.6) is 0 Å². The molecule has 0 atom stereocenters. The van der Waals surface area contributed by atoms with Crippen LogP contribution in [0.25, 0.3) is 11.1 Å². The molecule has 0 amide bonds. The monoisotopic (exact) mass is 322 g/mol. The summed E-state index contributed by atoms with van der Waals surface area (Å²) >= 11 is 0. The summed E-state index contributed by atoms with van der Waals surface area (Å²) in [5.74, 6) is 0. The van der Waals surface area contributed by atoms with Gasteiger partial charge >= 0.3 is 0 Å². The molecule has 0 N–H and O–H groups in total. The molecule has 0 saturated carbocycles. The molecule has 0 fully saturated rings. The molecule has 116 valence electrons. The van der Waals surface area contributed by atoms with Crippen LogP contribution in [0.2, 0.25) is 0 Å². The van der Waals surface area contributed by atoms with E-state index in [1.165, 1.54) is 27.9 Å². The second-order valence-electron chi connectivity index (χ2n) is 5.98. The molecule has 3 heteroatoms. The first-order valence-corrected chi connectivity index (χ1v) is 7.62. The van der Waals surface area contributed by atoms with E-state index in [9.17, 15) is 0 Å². The predicted molar refractivity (Wildman–Crippen MR) is 90.1 cm³/mol. The molecule has 0 saturated heterocycles. The van der Waals surface area contributed by atoms with E-state index >= 15 is 0 Å². The topological polar surface area (TPSA) is 7.12 Å². The Kier molecular flexibility index (Phi) is 4.10. The fourth-order valence-corrected chi connectivity index (χ4v) is 3.35. The number of halogens is 1. The summed E-state index contributed by atoms with van der Waals surface area (Å²) in [5.41, 5.74) is 6.69. The second kappa shape index (κ2) is 6.05. The molecule has 1 aliphatic rings. The lowest BCUT2D eigenvalue weighted by atomic mass is 10.1. The summed E-state index contributed by atoms with van der Waals surface area (Å²) in [6.07, 6.45) is 4.36. The Morgan fingerprint density at radius 1 is 0.739 bits per heavy atom. The van der Waals surface area contributed by atoms with Crippen molar-refractivity contribution in [1.82, 2.24) is 0 Å². The van der Waals surface area contributed by atoms with Crippen molar-refractivity contribution in [3.05, 3.63) is 84.2 Å². The third kappa shape index (κ3) is 2.49. The fraction of sp³-hybridized carbons (Fsp3) is 0.150. The van der Waals surface area contributed by atoms with Gasteiger partial charge in [-0.15, -0.1) is 0 Å². The zero-order valence-electron chi connectivity index (χ0n) is 13.3. The van der Waals surface area contributed by atoms with Gasteiger partial charge in [0.25, 0.3) is 0 Å². The fourth-order valence-electron chi connectivity index (χ4n) is 3.35. The number of hydrogen-bond donors (Lipinski definition) is 0. The van der Waals surface area contributed by atoms with E-state index in [1.54, 1.807) is 0 Å². The number of hydrogen-bond acceptors (Lipinski definition) is 1. The van der Waals surface area contributed by atoms with Crippen LogP contribution in [0, 0.1) is 0 Å². The highest BCUT2D eigenvalue weighted by atomic mass is 35.5. The van der Waals surface area contributed by atoms with E-state index in [1.807, 2.05) is 0 Å². The molecule has 2 aromatic carbocycles. The first-order valence-electron chi connectivity index (χ1n) is 7.62. The molecule has 0 unspecified atom stereocenters. The Labute approximate surface area is 143 Å². The van der Waals surface area contributed by atoms with Crippen LogP contribution in [0.3, 0.4) is 0 Å². The molecule has 0 aliphatic heterocycles. The van der Waals surface area contributed by atoms with Gasteiger partial charge in [-0.05, 0) is 11.1 Å². The standard InChI is InChI=1S/C20H19N2.ClH/c1-21(2)15-11-13-22(14-12-15)20-18-9-5-3-7-16(18)17-8-4-6-10-19(17)20;/h3-14,20H,1-2H3;1H/q+1;/p-1. The highest BCUT2D eigenvalue weighted by molar-refractivity contribution is 5.77. The van der Waals surface area contributed by atoms with Crippen LogP contribution in [-0.2, 0) is 0 Å². The Hall–Kier alpha value is -2.32. The van der Waals surface area contributed by atoms with Crippen molar-refractivity contribution >= 4 is 5.69 Å². The van der Waals surface area contributed by atoms with Crippen molar-refractivity contribution in [1.29, 1.82) is 0 Å². The van der Waals surface area contributed by atoms with Gasteiger partial charge < -0.3 is 17.3 Å². The van der Waals surface area contributed by atoms with E-state index in [-0.39, 0.29) is 18.4 Å². The highest BCUT2D eigenvalue weighted by Crippen LogP contribution is 2.42. The lowest BCUT2D eigenvalue weighted by Gasteiger charge is -2.13. The third-order valence-corrected chi connectivity index (χ3v) is 4.45. The van der Waals surface area contributed by atoms with Crippen molar-refractivity contribution in [2.75, 3.05) is 19.0 Å². The van der Waals surface area contributed by atoms with Crippen molar-refractivity contribution in [3.63, 3.8) is 0 Å². The zero-order valence-corrected chi connectivity index (χ0v) is 14.0. The zero-order chi connectivity index (χ0) is 15.1. The number of nitrogens with zero attached hydrogens (tertiary/aromatic N) is 2. The average molecular weight is 323 g/mol. The van der Waals surface area contributed by atoms with Gasteiger partial charge in [0.05, 0.1) is 0 Å². The molecular formula is C20H19ClN2. The summed E-state index contributed by atoms with van der Waals surface area (Å²) < 4.78 is 2.30. The summed E-state index contributed by atoms with van der Waals surface area (Å²) in [7, 11) is 4.14. The van der Waals surface area contributed by atoms with Gasteiger partial charge in [-0.25, -0.2) is 0 Å². The van der Waals surface area contributed by atoms with Crippen LogP contribution < -0.4 is 21.9 Å². The van der Waals surface area contributed by atoms with Gasteiger partial charge in [0.1, 0.15) is 0 Å². The summed E-state index contributed by atoms with van der Waals surface area (Å²) in [5, 5.41) is 0. The van der Waals surface area contributed by atoms with E-state index in [0.717, 1.165) is 0 Å². The molecule has 23 heavy (non-hydrogen) atoms. The SMILES string of the molecule is CN(C)c1cc[n+](C2c3ccccc3-c3ccccc32)cc1.[Cl-]. The number of benzene rings is 2. The summed E-state index contributed by atoms with van der Waals surface area (Å²) in [4.78, 5) is 2.13. The maximum absolute atomic E-state index is 2.30. The normalized spacial score (nSPS) is 12.3. The van der Waals surface area contributed by atoms with Gasteiger partial charge in [0.15, 0.2) is 12.4 Å². The molecular weight excluding hydrogens is 304 g/mol. The Balaban J connectivity index is 0.00000156. The van der Waals surface area contributed by atoms with Crippen molar-refractivity contribution in [2.45, 2.75) is 6.04 Å². The van der Waals surface area contributed by atoms with E-state index in [2.05, 4.69) is 96.6 Å². The number of fused-ring (bicyclic) bond motifs is 3. The van der Waals surface area contributed by atoms with E-state index in [4.69, 9.17) is 0 Å². The second-order valence-corrected chi connectivity index (χ2v) is 5.98. The number of pyridine rings is 1. The lowest BCUT2D eigenvalue weighted by molar-refractivity contribution is -0.704. The quantitative estimate of drug-likeness (QED) is 0.492. The van der Waals surface area contributed by atoms with Crippen LogP contribution in [0.15, 0.2) is 73.1 Å². The summed E-state index contributed by atoms with van der Waals surface area (Å²) in [6.45, 7) is 0. The first kappa shape index (κ1) is 15.6. The molecule has 1 heterocycles. The maximum Gasteiger partial charge on any atom is 0.210 e. The van der Waals surface area contributed by atoms with Gasteiger partial charge in [-0.1, -0.05) is 48.5 Å². The Morgan fingerprint density at radius 2 is 1.22 bits per heavy atom. The molecule has 0 bridgehead atoms. The molecule has 4 rings (SSSR count). The number of rotatable bonds is 2. The summed E-state index contributed by atoms with van der Waals surface area (Å²) in [6, 6.07) is 22.1. The van der Waals surface area contributed by atoms with Gasteiger partial charge in [-0.2, -0.15) is 4.57 Å². The smallest absolute Gasteiger partial charge is 0.210 e. The minimum Gasteiger partial charge on any atom is -1.00 e. The van der Waals surface area contributed by atoms with E-state index in [0.29, 0.717) is 0 Å². The largest absolute Gasteiger partial charge is 1.00 e. The van der Waals surface area contributed by atoms with Crippen LogP contribution in [0.4, 0.5) is 5.69 Å². The molecule has 1 aromatic heterocycles. The van der Waals surface area contributed by atoms with Gasteiger partial charge in [-0.3, -0.25) is 0 Å².